The van der Waals surface area contributed by atoms with Crippen LogP contribution in [0.15, 0.2) is 49.6 Å². The van der Waals surface area contributed by atoms with Gasteiger partial charge in [0.25, 0.3) is 0 Å². The van der Waals surface area contributed by atoms with Gasteiger partial charge in [0.15, 0.2) is 0 Å². The molecule has 8 rings (SSSR count). The van der Waals surface area contributed by atoms with E-state index in [0.717, 1.165) is 187 Å². The number of rotatable bonds is 64. The molecule has 8 heterocycles. The van der Waals surface area contributed by atoms with Crippen LogP contribution in [0.25, 0.3) is 0 Å². The first-order valence-electron chi connectivity index (χ1n) is 55.7. The van der Waals surface area contributed by atoms with E-state index in [0.29, 0.717) is 11.8 Å². The van der Waals surface area contributed by atoms with Crippen molar-refractivity contribution in [2.45, 2.75) is 531 Å². The predicted octanol–water partition coefficient (Wildman–Crippen LogP) is 29.5. The molecule has 0 amide bonds. The zero-order valence-electron chi connectivity index (χ0n) is 94.5. The summed E-state index contributed by atoms with van der Waals surface area (Å²) in [6, 6.07) is 0. The second-order valence-corrected chi connectivity index (χ2v) is 46.2. The molecule has 0 aliphatic rings. The van der Waals surface area contributed by atoms with E-state index in [1.807, 2.05) is 49.6 Å². The van der Waals surface area contributed by atoms with E-state index in [-0.39, 0.29) is 0 Å². The van der Waals surface area contributed by atoms with Crippen LogP contribution in [0.3, 0.4) is 0 Å². The molecule has 24 heteroatoms. The van der Waals surface area contributed by atoms with Crippen molar-refractivity contribution < 1.29 is 0 Å². The summed E-state index contributed by atoms with van der Waals surface area (Å²) >= 11 is 0. The quantitative estimate of drug-likeness (QED) is 0.0322. The van der Waals surface area contributed by atoms with E-state index >= 15 is 0 Å². The Balaban J connectivity index is 0.000000777. The lowest BCUT2D eigenvalue weighted by Gasteiger charge is -2.08. The van der Waals surface area contributed by atoms with Crippen molar-refractivity contribution in [3.05, 3.63) is 95.1 Å². The molecule has 0 radical (unpaired) electrons. The van der Waals surface area contributed by atoms with Crippen molar-refractivity contribution in [1.82, 2.24) is 120 Å². The van der Waals surface area contributed by atoms with Gasteiger partial charge in [-0.05, 0) is 249 Å². The summed E-state index contributed by atoms with van der Waals surface area (Å²) < 4.78 is 16.7. The molecule has 0 atom stereocenters. The third kappa shape index (κ3) is 70.7. The Morgan fingerprint density at radius 2 is 0.301 bits per heavy atom. The van der Waals surface area contributed by atoms with Crippen LogP contribution in [0.1, 0.15) is 473 Å². The summed E-state index contributed by atoms with van der Waals surface area (Å²) in [5.74, 6) is 12.4. The first kappa shape index (κ1) is 127. The van der Waals surface area contributed by atoms with Crippen LogP contribution in [-0.4, -0.2) is 120 Å². The van der Waals surface area contributed by atoms with Crippen LogP contribution in [0.2, 0.25) is 0 Å². The fraction of sp³-hybridized carbons (Fsp3) is 0.857. The Labute approximate surface area is 835 Å². The molecule has 0 N–H and O–H groups in total. The summed E-state index contributed by atoms with van der Waals surface area (Å²) in [5, 5.41) is 65.6. The minimum Gasteiger partial charge on any atom is -0.249 e. The highest BCUT2D eigenvalue weighted by atomic mass is 15.5. The SMILES string of the molecule is CC(C)CCCCCn1nncc1CC(C)C.CC(C)CCCCCn1nncc1CC(C)C.CC(C)CCCCc1cnnn1CCC(C)C.CC(C)CCCCc1cnnn1CCC(C)C.CC(C)CCCCn1nncc1CCC(C)C.CC(C)CCCCn1nncc1CCC(C)C.CC(C)CCCc1cnnn1CCCC(C)C.CC(C)CCCc1cnnn1CCCC(C)C. The van der Waals surface area contributed by atoms with Crippen LogP contribution >= 0.6 is 0 Å². The number of nitrogens with zero attached hydrogens (tertiary/aromatic N) is 24. The summed E-state index contributed by atoms with van der Waals surface area (Å²) in [7, 11) is 0. The summed E-state index contributed by atoms with van der Waals surface area (Å²) in [5.41, 5.74) is 10.4. The summed E-state index contributed by atoms with van der Waals surface area (Å²) in [6.45, 7) is 80.8. The lowest BCUT2D eigenvalue weighted by Crippen LogP contribution is -2.07. The number of aryl methyl sites for hydroxylation is 14. The van der Waals surface area contributed by atoms with E-state index in [9.17, 15) is 0 Å². The minimum absolute atomic E-state index is 0.674. The highest BCUT2D eigenvalue weighted by molar-refractivity contribution is 5.00. The topological polar surface area (TPSA) is 246 Å². The van der Waals surface area contributed by atoms with Crippen molar-refractivity contribution in [2.24, 2.45) is 94.7 Å². The van der Waals surface area contributed by atoms with Gasteiger partial charge in [0.05, 0.1) is 95.1 Å². The Hall–Kier alpha value is -6.88. The molecule has 136 heavy (non-hydrogen) atoms. The first-order valence-corrected chi connectivity index (χ1v) is 55.7. The average Bonchev–Trinajstić information content (AvgIpc) is 1.79. The lowest BCUT2D eigenvalue weighted by atomic mass is 10.0. The predicted molar refractivity (Wildman–Crippen MR) is 575 cm³/mol. The van der Waals surface area contributed by atoms with Gasteiger partial charge in [-0.15, -0.1) is 40.8 Å². The Morgan fingerprint density at radius 1 is 0.140 bits per heavy atom. The zero-order valence-corrected chi connectivity index (χ0v) is 94.5. The van der Waals surface area contributed by atoms with Gasteiger partial charge in [0.2, 0.25) is 0 Å². The molecule has 0 saturated carbocycles. The Bertz CT molecular complexity index is 3480. The van der Waals surface area contributed by atoms with Crippen LogP contribution < -0.4 is 0 Å². The molecule has 0 fully saturated rings. The van der Waals surface area contributed by atoms with Crippen LogP contribution in [0.5, 0.6) is 0 Å². The largest absolute Gasteiger partial charge is 0.249 e. The van der Waals surface area contributed by atoms with Gasteiger partial charge in [0.1, 0.15) is 0 Å². The smallest absolute Gasteiger partial charge is 0.0725 e. The maximum Gasteiger partial charge on any atom is 0.0725 e. The van der Waals surface area contributed by atoms with Crippen LogP contribution in [-0.2, 0) is 104 Å². The molecule has 8 aromatic rings. The molecule has 24 nitrogen and oxygen atoms in total. The molecule has 0 aromatic carbocycles. The number of hydrogen-bond acceptors (Lipinski definition) is 16. The third-order valence-electron chi connectivity index (χ3n) is 24.4. The fourth-order valence-electron chi connectivity index (χ4n) is 15.7. The molecule has 784 valence electrons. The standard InChI is InChI=1S/8C14H27N3/c2*1-12(2)7-5-9-14-11-15-16-17(14)10-6-8-13(3)4;2*1-12(2)7-5-6-10-17-14(11-15-16-17)9-8-13(3)4;2*1-12(2)7-5-6-8-14-11-15-16-17(14)10-9-13(3)4;2*1-12(2)8-6-5-7-9-17-14(10-13(3)4)11-15-16-17/h8*11-13H,5-10H2,1-4H3. The molecule has 8 aromatic heterocycles. The van der Waals surface area contributed by atoms with E-state index in [1.165, 1.54) is 251 Å². The van der Waals surface area contributed by atoms with E-state index in [2.05, 4.69) is 342 Å². The Kier molecular flexibility index (Phi) is 74.5. The molecule has 0 spiro atoms. The number of unbranched alkanes of at least 4 members (excludes halogenated alkanes) is 8. The summed E-state index contributed by atoms with van der Waals surface area (Å²) in [6.07, 6.45) is 64.9. The van der Waals surface area contributed by atoms with Gasteiger partial charge in [-0.1, -0.05) is 366 Å². The zero-order chi connectivity index (χ0) is 101. The van der Waals surface area contributed by atoms with Gasteiger partial charge in [-0.3, -0.25) is 0 Å². The van der Waals surface area contributed by atoms with E-state index in [1.54, 1.807) is 0 Å². The van der Waals surface area contributed by atoms with Crippen molar-refractivity contribution in [3.63, 3.8) is 0 Å². The summed E-state index contributed by atoms with van der Waals surface area (Å²) in [4.78, 5) is 0. The molecular weight excluding hydrogens is 1680 g/mol. The van der Waals surface area contributed by atoms with Crippen LogP contribution in [0.4, 0.5) is 0 Å². The molecule has 0 bridgehead atoms. The molecular formula is C112H216N24. The van der Waals surface area contributed by atoms with Gasteiger partial charge in [-0.25, -0.2) is 37.5 Å². The lowest BCUT2D eigenvalue weighted by molar-refractivity contribution is 0.461. The van der Waals surface area contributed by atoms with Crippen molar-refractivity contribution in [1.29, 1.82) is 0 Å². The van der Waals surface area contributed by atoms with Crippen molar-refractivity contribution in [3.8, 4) is 0 Å². The van der Waals surface area contributed by atoms with E-state index in [4.69, 9.17) is 0 Å². The highest BCUT2D eigenvalue weighted by Crippen LogP contribution is 2.21. The molecule has 0 saturated heterocycles. The second kappa shape index (κ2) is 79.8. The van der Waals surface area contributed by atoms with Crippen molar-refractivity contribution >= 4 is 0 Å². The van der Waals surface area contributed by atoms with Gasteiger partial charge in [-0.2, -0.15) is 0 Å². The van der Waals surface area contributed by atoms with Gasteiger partial charge < -0.3 is 0 Å². The average molecular weight is 1900 g/mol. The maximum absolute atomic E-state index is 4.18. The minimum atomic E-state index is 0.674. The second-order valence-electron chi connectivity index (χ2n) is 46.2. The molecule has 0 unspecified atom stereocenters. The normalized spacial score (nSPS) is 11.6. The fourth-order valence-corrected chi connectivity index (χ4v) is 15.7. The number of aromatic nitrogens is 24. The Morgan fingerprint density at radius 3 is 0.529 bits per heavy atom. The number of hydrogen-bond donors (Lipinski definition) is 0. The van der Waals surface area contributed by atoms with Crippen molar-refractivity contribution in [2.75, 3.05) is 0 Å². The first-order chi connectivity index (χ1) is 64.7. The third-order valence-corrected chi connectivity index (χ3v) is 24.4. The molecule has 0 aliphatic heterocycles. The van der Waals surface area contributed by atoms with Crippen LogP contribution in [0, 0.1) is 94.7 Å². The van der Waals surface area contributed by atoms with Gasteiger partial charge in [0, 0.05) is 52.4 Å². The van der Waals surface area contributed by atoms with E-state index < -0.39 is 0 Å². The molecule has 0 aliphatic carbocycles. The van der Waals surface area contributed by atoms with Gasteiger partial charge >= 0.3 is 0 Å². The highest BCUT2D eigenvalue weighted by Gasteiger charge is 2.15. The maximum atomic E-state index is 4.18. The monoisotopic (exact) mass is 1900 g/mol.